The molecule has 0 saturated carbocycles. The monoisotopic (exact) mass is 217 g/mol. The van der Waals surface area contributed by atoms with E-state index in [2.05, 4.69) is 13.8 Å². The van der Waals surface area contributed by atoms with E-state index >= 15 is 0 Å². The highest BCUT2D eigenvalue weighted by Crippen LogP contribution is 2.05. The zero-order chi connectivity index (χ0) is 11.7. The second kappa shape index (κ2) is 8.68. The summed E-state index contributed by atoms with van der Waals surface area (Å²) in [5.41, 5.74) is 5.61. The van der Waals surface area contributed by atoms with E-state index in [1.807, 2.05) is 0 Å². The Kier molecular flexibility index (Phi) is 8.33. The van der Waals surface area contributed by atoms with Gasteiger partial charge in [-0.05, 0) is 18.8 Å². The van der Waals surface area contributed by atoms with Gasteiger partial charge in [-0.1, -0.05) is 20.3 Å². The molecule has 90 valence electrons. The minimum absolute atomic E-state index is 0.324. The van der Waals surface area contributed by atoms with Crippen LogP contribution in [-0.4, -0.2) is 32.3 Å². The number of carbonyl (C=O) groups excluding carboxylic acids is 1. The first-order chi connectivity index (χ1) is 7.11. The van der Waals surface area contributed by atoms with Crippen molar-refractivity contribution in [1.29, 1.82) is 0 Å². The molecule has 0 rings (SSSR count). The van der Waals surface area contributed by atoms with Crippen molar-refractivity contribution in [2.45, 2.75) is 39.2 Å². The summed E-state index contributed by atoms with van der Waals surface area (Å²) in [5, 5.41) is 0. The Hall–Kier alpha value is -0.610. The van der Waals surface area contributed by atoms with Crippen LogP contribution in [0.1, 0.15) is 33.1 Å². The van der Waals surface area contributed by atoms with Gasteiger partial charge in [-0.15, -0.1) is 0 Å². The van der Waals surface area contributed by atoms with E-state index in [0.717, 1.165) is 12.8 Å². The summed E-state index contributed by atoms with van der Waals surface area (Å²) in [4.78, 5) is 11.4. The predicted octanol–water partition coefficient (Wildman–Crippen LogP) is 1.33. The van der Waals surface area contributed by atoms with Crippen molar-refractivity contribution in [1.82, 2.24) is 0 Å². The number of carbonyl (C=O) groups is 1. The summed E-state index contributed by atoms with van der Waals surface area (Å²) in [6, 6.07) is -0.557. The zero-order valence-electron chi connectivity index (χ0n) is 9.99. The summed E-state index contributed by atoms with van der Waals surface area (Å²) in [6.45, 7) is 5.13. The number of esters is 1. The first-order valence-electron chi connectivity index (χ1n) is 5.53. The molecule has 2 atom stereocenters. The lowest BCUT2D eigenvalue weighted by Crippen LogP contribution is -2.34. The molecule has 0 heterocycles. The highest BCUT2D eigenvalue weighted by atomic mass is 16.5. The molecule has 0 aromatic carbocycles. The maximum atomic E-state index is 11.4. The first kappa shape index (κ1) is 14.4. The Morgan fingerprint density at radius 1 is 1.40 bits per heavy atom. The van der Waals surface area contributed by atoms with Gasteiger partial charge in [0.15, 0.2) is 0 Å². The lowest BCUT2D eigenvalue weighted by atomic mass is 10.1. The average Bonchev–Trinajstić information content (AvgIpc) is 2.22. The molecule has 0 radical (unpaired) electrons. The number of nitrogens with two attached hydrogens (primary N) is 1. The third-order valence-corrected chi connectivity index (χ3v) is 2.23. The van der Waals surface area contributed by atoms with Gasteiger partial charge < -0.3 is 15.2 Å². The van der Waals surface area contributed by atoms with Crippen molar-refractivity contribution in [3.63, 3.8) is 0 Å². The molecule has 0 aliphatic carbocycles. The van der Waals surface area contributed by atoms with Gasteiger partial charge in [0.05, 0.1) is 6.61 Å². The zero-order valence-corrected chi connectivity index (χ0v) is 9.99. The van der Waals surface area contributed by atoms with Crippen molar-refractivity contribution < 1.29 is 14.3 Å². The van der Waals surface area contributed by atoms with Gasteiger partial charge >= 0.3 is 5.97 Å². The highest BCUT2D eigenvalue weighted by molar-refractivity contribution is 5.75. The van der Waals surface area contributed by atoms with Crippen LogP contribution in [-0.2, 0) is 14.3 Å². The van der Waals surface area contributed by atoms with Crippen LogP contribution in [0.5, 0.6) is 0 Å². The molecule has 0 fully saturated rings. The Labute approximate surface area is 92.1 Å². The minimum Gasteiger partial charge on any atom is -0.464 e. The Balaban J connectivity index is 3.63. The Bertz CT molecular complexity index is 173. The van der Waals surface area contributed by atoms with Crippen molar-refractivity contribution in [3.8, 4) is 0 Å². The molecule has 2 N–H and O–H groups in total. The summed E-state index contributed by atoms with van der Waals surface area (Å²) < 4.78 is 9.93. The SMILES string of the molecule is CCCC(C)COC(=O)C(N)CCOC. The molecular formula is C11H23NO3. The van der Waals surface area contributed by atoms with Gasteiger partial charge in [0.2, 0.25) is 0 Å². The molecule has 0 aliphatic rings. The van der Waals surface area contributed by atoms with Crippen LogP contribution in [0.25, 0.3) is 0 Å². The maximum Gasteiger partial charge on any atom is 0.323 e. The van der Waals surface area contributed by atoms with E-state index in [4.69, 9.17) is 15.2 Å². The number of rotatable bonds is 8. The highest BCUT2D eigenvalue weighted by Gasteiger charge is 2.15. The summed E-state index contributed by atoms with van der Waals surface area (Å²) in [6.07, 6.45) is 2.69. The van der Waals surface area contributed by atoms with Crippen LogP contribution in [0, 0.1) is 5.92 Å². The average molecular weight is 217 g/mol. The first-order valence-corrected chi connectivity index (χ1v) is 5.53. The van der Waals surface area contributed by atoms with Crippen LogP contribution >= 0.6 is 0 Å². The van der Waals surface area contributed by atoms with Crippen LogP contribution < -0.4 is 5.73 Å². The topological polar surface area (TPSA) is 61.5 Å². The molecule has 0 amide bonds. The van der Waals surface area contributed by atoms with E-state index < -0.39 is 6.04 Å². The number of ether oxygens (including phenoxy) is 2. The van der Waals surface area contributed by atoms with Gasteiger partial charge in [-0.2, -0.15) is 0 Å². The molecule has 0 saturated heterocycles. The molecule has 0 aromatic heterocycles. The van der Waals surface area contributed by atoms with E-state index in [0.29, 0.717) is 25.6 Å². The van der Waals surface area contributed by atoms with Gasteiger partial charge in [0.25, 0.3) is 0 Å². The van der Waals surface area contributed by atoms with Gasteiger partial charge in [0.1, 0.15) is 6.04 Å². The van der Waals surface area contributed by atoms with Crippen LogP contribution in [0.2, 0.25) is 0 Å². The van der Waals surface area contributed by atoms with Crippen LogP contribution in [0.3, 0.4) is 0 Å². The van der Waals surface area contributed by atoms with Crippen LogP contribution in [0.4, 0.5) is 0 Å². The minimum atomic E-state index is -0.557. The Morgan fingerprint density at radius 2 is 2.07 bits per heavy atom. The summed E-state index contributed by atoms with van der Waals surface area (Å²) in [5.74, 6) is 0.0866. The predicted molar refractivity (Wildman–Crippen MR) is 59.5 cm³/mol. The molecular weight excluding hydrogens is 194 g/mol. The fourth-order valence-corrected chi connectivity index (χ4v) is 1.27. The number of hydrogen-bond acceptors (Lipinski definition) is 4. The lowest BCUT2D eigenvalue weighted by Gasteiger charge is -2.14. The maximum absolute atomic E-state index is 11.4. The fraction of sp³-hybridized carbons (Fsp3) is 0.909. The van der Waals surface area contributed by atoms with Crippen molar-refractivity contribution >= 4 is 5.97 Å². The number of methoxy groups -OCH3 is 1. The van der Waals surface area contributed by atoms with Crippen LogP contribution in [0.15, 0.2) is 0 Å². The van der Waals surface area contributed by atoms with Gasteiger partial charge in [-0.25, -0.2) is 0 Å². The molecule has 0 bridgehead atoms. The fourth-order valence-electron chi connectivity index (χ4n) is 1.27. The van der Waals surface area contributed by atoms with E-state index in [-0.39, 0.29) is 5.97 Å². The van der Waals surface area contributed by atoms with E-state index in [9.17, 15) is 4.79 Å². The molecule has 0 aliphatic heterocycles. The quantitative estimate of drug-likeness (QED) is 0.623. The summed E-state index contributed by atoms with van der Waals surface area (Å²) >= 11 is 0. The second-order valence-electron chi connectivity index (χ2n) is 3.91. The van der Waals surface area contributed by atoms with E-state index in [1.54, 1.807) is 7.11 Å². The smallest absolute Gasteiger partial charge is 0.323 e. The molecule has 15 heavy (non-hydrogen) atoms. The largest absolute Gasteiger partial charge is 0.464 e. The second-order valence-corrected chi connectivity index (χ2v) is 3.91. The normalized spacial score (nSPS) is 14.7. The van der Waals surface area contributed by atoms with Crippen molar-refractivity contribution in [2.75, 3.05) is 20.3 Å². The third kappa shape index (κ3) is 7.33. The lowest BCUT2D eigenvalue weighted by molar-refractivity contribution is -0.146. The van der Waals surface area contributed by atoms with E-state index in [1.165, 1.54) is 0 Å². The molecule has 4 heteroatoms. The van der Waals surface area contributed by atoms with Gasteiger partial charge in [0, 0.05) is 13.7 Å². The standard InChI is InChI=1S/C11H23NO3/c1-4-5-9(2)8-15-11(13)10(12)6-7-14-3/h9-10H,4-8,12H2,1-3H3. The Morgan fingerprint density at radius 3 is 2.60 bits per heavy atom. The summed E-state index contributed by atoms with van der Waals surface area (Å²) in [7, 11) is 1.58. The molecule has 0 spiro atoms. The third-order valence-electron chi connectivity index (χ3n) is 2.23. The number of hydrogen-bond donors (Lipinski definition) is 1. The van der Waals surface area contributed by atoms with Gasteiger partial charge in [-0.3, -0.25) is 4.79 Å². The molecule has 2 unspecified atom stereocenters. The molecule has 0 aromatic rings. The van der Waals surface area contributed by atoms with Crippen molar-refractivity contribution in [2.24, 2.45) is 11.7 Å². The van der Waals surface area contributed by atoms with Crippen molar-refractivity contribution in [3.05, 3.63) is 0 Å². The molecule has 4 nitrogen and oxygen atoms in total.